The average molecular weight is 422 g/mol. The fraction of sp³-hybridized carbons (Fsp3) is 0.200. The summed E-state index contributed by atoms with van der Waals surface area (Å²) in [7, 11) is 0. The van der Waals surface area contributed by atoms with Crippen LogP contribution in [0.1, 0.15) is 25.3 Å². The number of aromatic nitrogens is 5. The molecule has 1 aliphatic carbocycles. The molecule has 6 rings (SSSR count). The number of rotatable bonds is 3. The Morgan fingerprint density at radius 1 is 0.906 bits per heavy atom. The number of hydrogen-bond acceptors (Lipinski definition) is 6. The molecule has 0 saturated heterocycles. The van der Waals surface area contributed by atoms with Crippen LogP contribution in [0.5, 0.6) is 0 Å². The molecule has 1 aliphatic rings. The third kappa shape index (κ3) is 2.97. The maximum atomic E-state index is 10.2. The SMILES string of the molecule is CC1(O)CC(N)(c2ccc(-c3nc4cnc5ccnn5c4nc3-c3ccccc3)cc2)C1. The lowest BCUT2D eigenvalue weighted by atomic mass is 9.63. The number of nitrogens with two attached hydrogens (primary N) is 1. The first-order valence-electron chi connectivity index (χ1n) is 10.6. The van der Waals surface area contributed by atoms with Gasteiger partial charge in [0, 0.05) is 22.7 Å². The van der Waals surface area contributed by atoms with Gasteiger partial charge in [-0.3, -0.25) is 0 Å². The Labute approximate surface area is 184 Å². The lowest BCUT2D eigenvalue weighted by Crippen LogP contribution is -2.58. The first kappa shape index (κ1) is 19.0. The third-order valence-electron chi connectivity index (χ3n) is 6.22. The van der Waals surface area contributed by atoms with Crippen molar-refractivity contribution in [1.82, 2.24) is 24.6 Å². The number of hydrogen-bond donors (Lipinski definition) is 2. The van der Waals surface area contributed by atoms with E-state index in [0.29, 0.717) is 24.0 Å². The van der Waals surface area contributed by atoms with Crippen LogP contribution < -0.4 is 5.73 Å². The molecule has 2 aromatic carbocycles. The van der Waals surface area contributed by atoms with Crippen LogP contribution in [0, 0.1) is 0 Å². The van der Waals surface area contributed by atoms with Crippen molar-refractivity contribution in [1.29, 1.82) is 0 Å². The van der Waals surface area contributed by atoms with E-state index in [0.717, 1.165) is 33.7 Å². The lowest BCUT2D eigenvalue weighted by molar-refractivity contribution is -0.0738. The second-order valence-corrected chi connectivity index (χ2v) is 8.94. The van der Waals surface area contributed by atoms with Gasteiger partial charge in [-0.25, -0.2) is 15.0 Å². The van der Waals surface area contributed by atoms with E-state index in [1.807, 2.05) is 67.6 Å². The summed E-state index contributed by atoms with van der Waals surface area (Å²) in [5.74, 6) is 0. The highest BCUT2D eigenvalue weighted by Crippen LogP contribution is 2.46. The Kier molecular flexibility index (Phi) is 3.96. The number of aliphatic hydroxyl groups is 1. The van der Waals surface area contributed by atoms with Crippen molar-refractivity contribution in [3.05, 3.63) is 78.6 Å². The standard InChI is InChI=1S/C25H22N6O/c1-24(32)14-25(26,15-24)18-9-7-17(8-10-18)21-22(16-5-3-2-4-6-16)30-23-19(29-21)13-27-20-11-12-28-31(20)23/h2-13,32H,14-15,26H2,1H3. The minimum atomic E-state index is -0.692. The van der Waals surface area contributed by atoms with Gasteiger partial charge in [0.1, 0.15) is 5.52 Å². The van der Waals surface area contributed by atoms with Gasteiger partial charge >= 0.3 is 0 Å². The molecular weight excluding hydrogens is 400 g/mol. The zero-order valence-electron chi connectivity index (χ0n) is 17.6. The first-order chi connectivity index (χ1) is 15.4. The normalized spacial score (nSPS) is 22.8. The number of fused-ring (bicyclic) bond motifs is 3. The molecule has 0 unspecified atom stereocenters. The largest absolute Gasteiger partial charge is 0.390 e. The molecule has 3 aromatic heterocycles. The van der Waals surface area contributed by atoms with Crippen molar-refractivity contribution in [3.63, 3.8) is 0 Å². The Morgan fingerprint density at radius 2 is 1.59 bits per heavy atom. The Balaban J connectivity index is 1.51. The van der Waals surface area contributed by atoms with E-state index in [2.05, 4.69) is 10.1 Å². The summed E-state index contributed by atoms with van der Waals surface area (Å²) in [5.41, 5.74) is 11.9. The average Bonchev–Trinajstić information content (AvgIpc) is 3.27. The maximum Gasteiger partial charge on any atom is 0.184 e. The van der Waals surface area contributed by atoms with Gasteiger partial charge in [0.2, 0.25) is 0 Å². The highest BCUT2D eigenvalue weighted by molar-refractivity contribution is 5.85. The zero-order chi connectivity index (χ0) is 21.9. The van der Waals surface area contributed by atoms with Crippen molar-refractivity contribution < 1.29 is 5.11 Å². The molecule has 0 bridgehead atoms. The molecule has 0 atom stereocenters. The Hall–Kier alpha value is -3.68. The van der Waals surface area contributed by atoms with Crippen molar-refractivity contribution >= 4 is 16.8 Å². The molecule has 0 aliphatic heterocycles. The second kappa shape index (κ2) is 6.66. The molecule has 0 spiro atoms. The second-order valence-electron chi connectivity index (χ2n) is 8.94. The van der Waals surface area contributed by atoms with Gasteiger partial charge in [0.05, 0.1) is 29.4 Å². The summed E-state index contributed by atoms with van der Waals surface area (Å²) in [6, 6.07) is 20.0. The number of benzene rings is 2. The monoisotopic (exact) mass is 422 g/mol. The topological polar surface area (TPSA) is 102 Å². The van der Waals surface area contributed by atoms with Gasteiger partial charge < -0.3 is 10.8 Å². The van der Waals surface area contributed by atoms with E-state index in [9.17, 15) is 5.11 Å². The minimum Gasteiger partial charge on any atom is -0.390 e. The van der Waals surface area contributed by atoms with Crippen molar-refractivity contribution in [2.75, 3.05) is 0 Å². The highest BCUT2D eigenvalue weighted by Gasteiger charge is 2.49. The maximum absolute atomic E-state index is 10.2. The van der Waals surface area contributed by atoms with Crippen LogP contribution in [-0.4, -0.2) is 35.3 Å². The molecule has 158 valence electrons. The van der Waals surface area contributed by atoms with Crippen molar-refractivity contribution in [2.45, 2.75) is 30.9 Å². The van der Waals surface area contributed by atoms with E-state index < -0.39 is 11.1 Å². The Morgan fingerprint density at radius 3 is 2.31 bits per heavy atom. The van der Waals surface area contributed by atoms with E-state index in [4.69, 9.17) is 15.7 Å². The summed E-state index contributed by atoms with van der Waals surface area (Å²) >= 11 is 0. The van der Waals surface area contributed by atoms with E-state index in [-0.39, 0.29) is 0 Å². The minimum absolute atomic E-state index is 0.491. The summed E-state index contributed by atoms with van der Waals surface area (Å²) in [6.45, 7) is 1.83. The molecule has 32 heavy (non-hydrogen) atoms. The van der Waals surface area contributed by atoms with Crippen LogP contribution in [0.25, 0.3) is 39.3 Å². The van der Waals surface area contributed by atoms with E-state index >= 15 is 0 Å². The fourth-order valence-corrected chi connectivity index (χ4v) is 4.84. The van der Waals surface area contributed by atoms with Crippen LogP contribution in [0.15, 0.2) is 73.1 Å². The summed E-state index contributed by atoms with van der Waals surface area (Å²) in [6.07, 6.45) is 4.54. The van der Waals surface area contributed by atoms with E-state index in [1.165, 1.54) is 0 Å². The Bertz CT molecular complexity index is 1450. The first-order valence-corrected chi connectivity index (χ1v) is 10.6. The quantitative estimate of drug-likeness (QED) is 0.460. The lowest BCUT2D eigenvalue weighted by Gasteiger charge is -2.49. The number of nitrogens with zero attached hydrogens (tertiary/aromatic N) is 5. The molecule has 7 heteroatoms. The van der Waals surface area contributed by atoms with Gasteiger partial charge in [-0.2, -0.15) is 9.61 Å². The van der Waals surface area contributed by atoms with Gasteiger partial charge in [-0.1, -0.05) is 54.6 Å². The predicted octanol–water partition coefficient (Wildman–Crippen LogP) is 3.71. The molecule has 0 amide bonds. The van der Waals surface area contributed by atoms with Crippen LogP contribution >= 0.6 is 0 Å². The molecule has 1 fully saturated rings. The zero-order valence-corrected chi connectivity index (χ0v) is 17.6. The van der Waals surface area contributed by atoms with Crippen LogP contribution in [0.4, 0.5) is 0 Å². The molecule has 7 nitrogen and oxygen atoms in total. The van der Waals surface area contributed by atoms with Crippen LogP contribution in [0.2, 0.25) is 0 Å². The summed E-state index contributed by atoms with van der Waals surface area (Å²) in [4.78, 5) is 14.4. The molecule has 1 saturated carbocycles. The highest BCUT2D eigenvalue weighted by atomic mass is 16.3. The van der Waals surface area contributed by atoms with Gasteiger partial charge in [0.25, 0.3) is 0 Å². The predicted molar refractivity (Wildman–Crippen MR) is 123 cm³/mol. The van der Waals surface area contributed by atoms with Gasteiger partial charge in [-0.05, 0) is 25.3 Å². The van der Waals surface area contributed by atoms with Gasteiger partial charge in [0.15, 0.2) is 11.3 Å². The third-order valence-corrected chi connectivity index (χ3v) is 6.22. The van der Waals surface area contributed by atoms with Crippen LogP contribution in [0.3, 0.4) is 0 Å². The van der Waals surface area contributed by atoms with Gasteiger partial charge in [-0.15, -0.1) is 0 Å². The molecule has 0 radical (unpaired) electrons. The smallest absolute Gasteiger partial charge is 0.184 e. The summed E-state index contributed by atoms with van der Waals surface area (Å²) in [5, 5.41) is 14.5. The van der Waals surface area contributed by atoms with E-state index in [1.54, 1.807) is 16.9 Å². The summed E-state index contributed by atoms with van der Waals surface area (Å²) < 4.78 is 1.71. The van der Waals surface area contributed by atoms with Crippen molar-refractivity contribution in [2.24, 2.45) is 5.73 Å². The van der Waals surface area contributed by atoms with Crippen LogP contribution in [-0.2, 0) is 5.54 Å². The fourth-order valence-electron chi connectivity index (χ4n) is 4.84. The molecule has 3 N–H and O–H groups in total. The molecule has 3 heterocycles. The molecule has 5 aromatic rings. The molecular formula is C25H22N6O. The van der Waals surface area contributed by atoms with Crippen molar-refractivity contribution in [3.8, 4) is 22.5 Å².